The summed E-state index contributed by atoms with van der Waals surface area (Å²) in [7, 11) is 0. The van der Waals surface area contributed by atoms with Crippen LogP contribution in [0.2, 0.25) is 0 Å². The Morgan fingerprint density at radius 1 is 0.913 bits per heavy atom. The Morgan fingerprint density at radius 2 is 1.48 bits per heavy atom. The minimum atomic E-state index is -0.141. The van der Waals surface area contributed by atoms with Gasteiger partial charge < -0.3 is 19.3 Å². The fraction of sp³-hybridized carbons (Fsp3) is 1.00. The Kier molecular flexibility index (Phi) is 12.2. The van der Waals surface area contributed by atoms with Crippen LogP contribution in [0.4, 0.5) is 0 Å². The van der Waals surface area contributed by atoms with Crippen molar-refractivity contribution in [2.24, 2.45) is 5.92 Å². The van der Waals surface area contributed by atoms with Crippen molar-refractivity contribution >= 4 is 0 Å². The van der Waals surface area contributed by atoms with Gasteiger partial charge in [0.15, 0.2) is 0 Å². The fourth-order valence-electron chi connectivity index (χ4n) is 2.84. The standard InChI is InChI=1S/C19H40O4/c1-8-10-19(7,11-15(3)9-2)23-18(6)14-22-17(5)13-21-16(4)12-20/h15-18,20H,8-14H2,1-7H3. The van der Waals surface area contributed by atoms with Gasteiger partial charge in [0.1, 0.15) is 0 Å². The highest BCUT2D eigenvalue weighted by molar-refractivity contribution is 4.78. The molecule has 0 aromatic heterocycles. The highest BCUT2D eigenvalue weighted by Crippen LogP contribution is 2.29. The summed E-state index contributed by atoms with van der Waals surface area (Å²) in [5, 5.41) is 8.95. The molecule has 5 atom stereocenters. The molecule has 4 heteroatoms. The van der Waals surface area contributed by atoms with E-state index in [9.17, 15) is 0 Å². The second-order valence-electron chi connectivity index (χ2n) is 7.32. The molecule has 0 aliphatic carbocycles. The van der Waals surface area contributed by atoms with Crippen molar-refractivity contribution in [2.75, 3.05) is 19.8 Å². The predicted octanol–water partition coefficient (Wildman–Crippen LogP) is 4.19. The molecule has 0 amide bonds. The molecule has 0 aromatic carbocycles. The maximum Gasteiger partial charge on any atom is 0.0788 e. The first kappa shape index (κ1) is 22.8. The molecule has 23 heavy (non-hydrogen) atoms. The van der Waals surface area contributed by atoms with E-state index in [4.69, 9.17) is 19.3 Å². The van der Waals surface area contributed by atoms with Crippen molar-refractivity contribution in [3.8, 4) is 0 Å². The molecular weight excluding hydrogens is 292 g/mol. The van der Waals surface area contributed by atoms with Gasteiger partial charge in [0.2, 0.25) is 0 Å². The number of aliphatic hydroxyl groups is 1. The molecule has 140 valence electrons. The number of rotatable bonds is 14. The average Bonchev–Trinajstić information content (AvgIpc) is 2.50. The molecule has 0 saturated heterocycles. The van der Waals surface area contributed by atoms with Crippen LogP contribution < -0.4 is 0 Å². The summed E-state index contributed by atoms with van der Waals surface area (Å²) in [5.41, 5.74) is -0.0713. The van der Waals surface area contributed by atoms with E-state index in [1.165, 1.54) is 6.42 Å². The molecule has 0 heterocycles. The summed E-state index contributed by atoms with van der Waals surface area (Å²) in [6.07, 6.45) is 4.41. The van der Waals surface area contributed by atoms with Crippen molar-refractivity contribution in [2.45, 2.75) is 98.1 Å². The molecule has 0 aromatic rings. The second kappa shape index (κ2) is 12.2. The fourth-order valence-corrected chi connectivity index (χ4v) is 2.84. The van der Waals surface area contributed by atoms with Gasteiger partial charge in [-0.25, -0.2) is 0 Å². The summed E-state index contributed by atoms with van der Waals surface area (Å²) >= 11 is 0. The maximum absolute atomic E-state index is 8.95. The van der Waals surface area contributed by atoms with Gasteiger partial charge in [0, 0.05) is 0 Å². The predicted molar refractivity (Wildman–Crippen MR) is 95.8 cm³/mol. The topological polar surface area (TPSA) is 47.9 Å². The number of aliphatic hydroxyl groups excluding tert-OH is 1. The van der Waals surface area contributed by atoms with Crippen LogP contribution in [0.5, 0.6) is 0 Å². The van der Waals surface area contributed by atoms with Gasteiger partial charge in [-0.05, 0) is 46.5 Å². The van der Waals surface area contributed by atoms with E-state index < -0.39 is 0 Å². The van der Waals surface area contributed by atoms with Crippen LogP contribution in [0.1, 0.15) is 74.1 Å². The van der Waals surface area contributed by atoms with E-state index in [1.807, 2.05) is 13.8 Å². The molecule has 0 aliphatic rings. The highest BCUT2D eigenvalue weighted by Gasteiger charge is 2.28. The molecular formula is C19H40O4. The van der Waals surface area contributed by atoms with E-state index in [2.05, 4.69) is 34.6 Å². The third kappa shape index (κ3) is 11.1. The SMILES string of the molecule is CCCC(C)(CC(C)CC)OC(C)COC(C)COC(C)CO. The lowest BCUT2D eigenvalue weighted by atomic mass is 9.87. The highest BCUT2D eigenvalue weighted by atomic mass is 16.6. The van der Waals surface area contributed by atoms with Gasteiger partial charge in [-0.15, -0.1) is 0 Å². The minimum Gasteiger partial charge on any atom is -0.394 e. The van der Waals surface area contributed by atoms with Crippen molar-refractivity contribution in [1.29, 1.82) is 0 Å². The zero-order valence-electron chi connectivity index (χ0n) is 16.4. The first-order valence-corrected chi connectivity index (χ1v) is 9.28. The molecule has 5 unspecified atom stereocenters. The maximum atomic E-state index is 8.95. The molecule has 1 N–H and O–H groups in total. The summed E-state index contributed by atoms with van der Waals surface area (Å²) in [5.74, 6) is 0.673. The minimum absolute atomic E-state index is 0.00190. The van der Waals surface area contributed by atoms with Crippen LogP contribution in [0.25, 0.3) is 0 Å². The number of ether oxygens (including phenoxy) is 3. The average molecular weight is 333 g/mol. The van der Waals surface area contributed by atoms with E-state index in [1.54, 1.807) is 0 Å². The summed E-state index contributed by atoms with van der Waals surface area (Å²) in [6.45, 7) is 16.0. The van der Waals surface area contributed by atoms with Crippen molar-refractivity contribution in [1.82, 2.24) is 0 Å². The van der Waals surface area contributed by atoms with Crippen LogP contribution >= 0.6 is 0 Å². The summed E-state index contributed by atoms with van der Waals surface area (Å²) < 4.78 is 17.6. The molecule has 0 rings (SSSR count). The van der Waals surface area contributed by atoms with Crippen LogP contribution in [0, 0.1) is 5.92 Å². The van der Waals surface area contributed by atoms with Gasteiger partial charge in [-0.1, -0.05) is 33.6 Å². The Balaban J connectivity index is 4.23. The van der Waals surface area contributed by atoms with Crippen molar-refractivity contribution in [3.05, 3.63) is 0 Å². The van der Waals surface area contributed by atoms with Crippen LogP contribution in [0.15, 0.2) is 0 Å². The molecule has 0 fully saturated rings. The number of hydrogen-bond acceptors (Lipinski definition) is 4. The Hall–Kier alpha value is -0.160. The smallest absolute Gasteiger partial charge is 0.0788 e. The molecule has 0 bridgehead atoms. The second-order valence-corrected chi connectivity index (χ2v) is 7.32. The normalized spacial score (nSPS) is 19.8. The number of hydrogen-bond donors (Lipinski definition) is 1. The van der Waals surface area contributed by atoms with E-state index in [0.29, 0.717) is 19.1 Å². The Morgan fingerprint density at radius 3 is 2.00 bits per heavy atom. The molecule has 0 radical (unpaired) electrons. The lowest BCUT2D eigenvalue weighted by molar-refractivity contribution is -0.131. The van der Waals surface area contributed by atoms with E-state index in [0.717, 1.165) is 19.3 Å². The zero-order chi connectivity index (χ0) is 17.9. The molecule has 0 saturated carbocycles. The Labute approximate surface area is 143 Å². The van der Waals surface area contributed by atoms with E-state index in [-0.39, 0.29) is 30.5 Å². The van der Waals surface area contributed by atoms with Crippen molar-refractivity contribution in [3.63, 3.8) is 0 Å². The quantitative estimate of drug-likeness (QED) is 0.518. The molecule has 0 spiro atoms. The van der Waals surface area contributed by atoms with Gasteiger partial charge in [-0.3, -0.25) is 0 Å². The largest absolute Gasteiger partial charge is 0.394 e. The lowest BCUT2D eigenvalue weighted by Crippen LogP contribution is -2.37. The van der Waals surface area contributed by atoms with Crippen LogP contribution in [0.3, 0.4) is 0 Å². The third-order valence-electron chi connectivity index (χ3n) is 4.23. The Bertz CT molecular complexity index is 285. The van der Waals surface area contributed by atoms with Gasteiger partial charge in [0.05, 0.1) is 43.7 Å². The summed E-state index contributed by atoms with van der Waals surface area (Å²) in [4.78, 5) is 0. The van der Waals surface area contributed by atoms with E-state index >= 15 is 0 Å². The molecule has 4 nitrogen and oxygen atoms in total. The van der Waals surface area contributed by atoms with Crippen molar-refractivity contribution < 1.29 is 19.3 Å². The zero-order valence-corrected chi connectivity index (χ0v) is 16.4. The first-order chi connectivity index (χ1) is 10.8. The van der Waals surface area contributed by atoms with Crippen LogP contribution in [-0.2, 0) is 14.2 Å². The lowest BCUT2D eigenvalue weighted by Gasteiger charge is -2.35. The van der Waals surface area contributed by atoms with Gasteiger partial charge in [0.25, 0.3) is 0 Å². The first-order valence-electron chi connectivity index (χ1n) is 9.28. The van der Waals surface area contributed by atoms with Gasteiger partial charge in [-0.2, -0.15) is 0 Å². The third-order valence-corrected chi connectivity index (χ3v) is 4.23. The van der Waals surface area contributed by atoms with Crippen LogP contribution in [-0.4, -0.2) is 48.8 Å². The van der Waals surface area contributed by atoms with Gasteiger partial charge >= 0.3 is 0 Å². The summed E-state index contributed by atoms with van der Waals surface area (Å²) in [6, 6.07) is 0. The monoisotopic (exact) mass is 332 g/mol. The molecule has 0 aliphatic heterocycles.